The molecule has 0 spiro atoms. The molecule has 0 bridgehead atoms. The number of thioether (sulfide) groups is 1. The fraction of sp³-hybridized carbons (Fsp3) is 0.250. The number of hydrogen-bond acceptors (Lipinski definition) is 6. The standard InChI is InChI=1S/C20H17BrCl2N4O3S2/c21-19-25-26-20(27(19)18-6-4-12(8-17(18)23)11-1-2-11)31-10-14(28)7-13-3-5-15(9-16(13)22)32(24,29)30/h3-6,8-9,11H,1-2,7,10H2,(H2,24,29,30). The molecule has 168 valence electrons. The number of rotatable bonds is 8. The van der Waals surface area contributed by atoms with Crippen LogP contribution in [0.5, 0.6) is 0 Å². The van der Waals surface area contributed by atoms with Gasteiger partial charge in [-0.15, -0.1) is 10.2 Å². The lowest BCUT2D eigenvalue weighted by Crippen LogP contribution is -2.13. The quantitative estimate of drug-likeness (QED) is 0.388. The normalized spacial score (nSPS) is 14.0. The average Bonchev–Trinajstić information content (AvgIpc) is 3.51. The van der Waals surface area contributed by atoms with Crippen molar-refractivity contribution in [1.82, 2.24) is 14.8 Å². The van der Waals surface area contributed by atoms with Gasteiger partial charge in [0.25, 0.3) is 0 Å². The molecule has 0 aliphatic heterocycles. The van der Waals surface area contributed by atoms with Crippen molar-refractivity contribution >= 4 is 66.7 Å². The number of carbonyl (C=O) groups is 1. The highest BCUT2D eigenvalue weighted by molar-refractivity contribution is 9.10. The van der Waals surface area contributed by atoms with Gasteiger partial charge in [-0.05, 0) is 70.1 Å². The van der Waals surface area contributed by atoms with Gasteiger partial charge in [0.2, 0.25) is 14.8 Å². The summed E-state index contributed by atoms with van der Waals surface area (Å²) >= 11 is 17.3. The van der Waals surface area contributed by atoms with Gasteiger partial charge < -0.3 is 0 Å². The summed E-state index contributed by atoms with van der Waals surface area (Å²) in [5.41, 5.74) is 2.47. The summed E-state index contributed by atoms with van der Waals surface area (Å²) in [6, 6.07) is 10.0. The molecule has 0 radical (unpaired) electrons. The number of aromatic nitrogens is 3. The third kappa shape index (κ3) is 5.37. The van der Waals surface area contributed by atoms with E-state index in [1.54, 1.807) is 4.57 Å². The van der Waals surface area contributed by atoms with Crippen LogP contribution in [-0.2, 0) is 21.2 Å². The first-order valence-corrected chi connectivity index (χ1v) is 13.6. The predicted molar refractivity (Wildman–Crippen MR) is 128 cm³/mol. The predicted octanol–water partition coefficient (Wildman–Crippen LogP) is 4.77. The van der Waals surface area contributed by atoms with E-state index in [0.717, 1.165) is 5.69 Å². The van der Waals surface area contributed by atoms with Gasteiger partial charge in [-0.1, -0.05) is 47.1 Å². The molecule has 12 heteroatoms. The lowest BCUT2D eigenvalue weighted by molar-refractivity contribution is -0.116. The maximum Gasteiger partial charge on any atom is 0.238 e. The summed E-state index contributed by atoms with van der Waals surface area (Å²) < 4.78 is 25.1. The lowest BCUT2D eigenvalue weighted by atomic mass is 10.1. The first-order valence-electron chi connectivity index (χ1n) is 9.50. The number of ketones is 1. The largest absolute Gasteiger partial charge is 0.298 e. The number of carbonyl (C=O) groups excluding carboxylic acids is 1. The van der Waals surface area contributed by atoms with Gasteiger partial charge in [0.1, 0.15) is 5.78 Å². The van der Waals surface area contributed by atoms with Crippen LogP contribution < -0.4 is 5.14 Å². The van der Waals surface area contributed by atoms with Crippen molar-refractivity contribution in [2.75, 3.05) is 5.75 Å². The molecule has 3 aromatic rings. The molecular formula is C20H17BrCl2N4O3S2. The molecule has 1 heterocycles. The Morgan fingerprint density at radius 3 is 2.53 bits per heavy atom. The zero-order chi connectivity index (χ0) is 23.0. The van der Waals surface area contributed by atoms with Crippen molar-refractivity contribution in [1.29, 1.82) is 0 Å². The molecule has 1 aliphatic rings. The number of halogens is 3. The highest BCUT2D eigenvalue weighted by Gasteiger charge is 2.25. The molecule has 4 rings (SSSR count). The minimum absolute atomic E-state index is 0.0445. The number of nitrogens with two attached hydrogens (primary N) is 1. The summed E-state index contributed by atoms with van der Waals surface area (Å²) in [7, 11) is -3.86. The molecule has 0 saturated heterocycles. The van der Waals surface area contributed by atoms with Crippen LogP contribution >= 0.6 is 50.9 Å². The molecule has 0 atom stereocenters. The highest BCUT2D eigenvalue weighted by atomic mass is 79.9. The van der Waals surface area contributed by atoms with E-state index in [2.05, 4.69) is 32.2 Å². The van der Waals surface area contributed by atoms with E-state index in [0.29, 0.717) is 26.4 Å². The summed E-state index contributed by atoms with van der Waals surface area (Å²) in [6.07, 6.45) is 2.41. The molecule has 1 aliphatic carbocycles. The molecule has 2 N–H and O–H groups in total. The van der Waals surface area contributed by atoms with E-state index in [4.69, 9.17) is 28.3 Å². The van der Waals surface area contributed by atoms with Crippen LogP contribution in [0.2, 0.25) is 10.0 Å². The second-order valence-corrected chi connectivity index (χ2v) is 11.4. The van der Waals surface area contributed by atoms with Crippen LogP contribution in [0.25, 0.3) is 5.69 Å². The first kappa shape index (κ1) is 23.7. The molecule has 2 aromatic carbocycles. The lowest BCUT2D eigenvalue weighted by Gasteiger charge is -2.11. The zero-order valence-electron chi connectivity index (χ0n) is 16.5. The van der Waals surface area contributed by atoms with Gasteiger partial charge in [0.05, 0.1) is 21.4 Å². The molecule has 1 fully saturated rings. The third-order valence-corrected chi connectivity index (χ3v) is 8.03. The maximum atomic E-state index is 12.6. The molecule has 1 saturated carbocycles. The molecule has 1 aromatic heterocycles. The number of sulfonamides is 1. The monoisotopic (exact) mass is 574 g/mol. The number of Topliss-reactive ketones (excluding diaryl/α,β-unsaturated/α-hetero) is 1. The van der Waals surface area contributed by atoms with Crippen LogP contribution in [0.4, 0.5) is 0 Å². The Bertz CT molecular complexity index is 1310. The highest BCUT2D eigenvalue weighted by Crippen LogP contribution is 2.42. The number of benzene rings is 2. The SMILES string of the molecule is NS(=O)(=O)c1ccc(CC(=O)CSc2nnc(Br)n2-c2ccc(C3CC3)cc2Cl)c(Cl)c1. The Morgan fingerprint density at radius 2 is 1.91 bits per heavy atom. The van der Waals surface area contributed by atoms with Crippen LogP contribution in [0.3, 0.4) is 0 Å². The fourth-order valence-corrected chi connectivity index (χ4v) is 5.67. The third-order valence-electron chi connectivity index (χ3n) is 4.96. The van der Waals surface area contributed by atoms with Gasteiger partial charge in [0, 0.05) is 11.4 Å². The fourth-order valence-electron chi connectivity index (χ4n) is 3.18. The van der Waals surface area contributed by atoms with Crippen molar-refractivity contribution in [3.8, 4) is 5.69 Å². The van der Waals surface area contributed by atoms with Gasteiger partial charge >= 0.3 is 0 Å². The van der Waals surface area contributed by atoms with Gasteiger partial charge in [-0.25, -0.2) is 13.6 Å². The molecule has 0 unspecified atom stereocenters. The van der Waals surface area contributed by atoms with E-state index >= 15 is 0 Å². The average molecular weight is 576 g/mol. The number of primary sulfonamides is 1. The second-order valence-electron chi connectivity index (χ2n) is 7.37. The van der Waals surface area contributed by atoms with E-state index in [1.165, 1.54) is 48.4 Å². The Kier molecular flexibility index (Phi) is 7.00. The van der Waals surface area contributed by atoms with Gasteiger partial charge in [-0.2, -0.15) is 0 Å². The van der Waals surface area contributed by atoms with E-state index < -0.39 is 10.0 Å². The van der Waals surface area contributed by atoms with Crippen LogP contribution in [0.1, 0.15) is 29.9 Å². The van der Waals surface area contributed by atoms with Gasteiger partial charge in [-0.3, -0.25) is 9.36 Å². The Morgan fingerprint density at radius 1 is 1.16 bits per heavy atom. The minimum Gasteiger partial charge on any atom is -0.298 e. The number of hydrogen-bond donors (Lipinski definition) is 1. The van der Waals surface area contributed by atoms with Crippen molar-refractivity contribution in [3.05, 3.63) is 62.3 Å². The van der Waals surface area contributed by atoms with Crippen LogP contribution in [-0.4, -0.2) is 34.7 Å². The number of nitrogens with zero attached hydrogens (tertiary/aromatic N) is 3. The Labute approximate surface area is 207 Å². The minimum atomic E-state index is -3.86. The van der Waals surface area contributed by atoms with E-state index in [9.17, 15) is 13.2 Å². The first-order chi connectivity index (χ1) is 15.1. The molecular weight excluding hydrogens is 559 g/mol. The zero-order valence-corrected chi connectivity index (χ0v) is 21.2. The van der Waals surface area contributed by atoms with Gasteiger partial charge in [0.15, 0.2) is 5.16 Å². The summed E-state index contributed by atoms with van der Waals surface area (Å²) in [4.78, 5) is 12.4. The van der Waals surface area contributed by atoms with Crippen LogP contribution in [0.15, 0.2) is 51.2 Å². The second kappa shape index (κ2) is 9.44. The van der Waals surface area contributed by atoms with Crippen molar-refractivity contribution in [2.24, 2.45) is 5.14 Å². The maximum absolute atomic E-state index is 12.6. The molecule has 32 heavy (non-hydrogen) atoms. The topological polar surface area (TPSA) is 108 Å². The molecule has 7 nitrogen and oxygen atoms in total. The molecule has 0 amide bonds. The smallest absolute Gasteiger partial charge is 0.238 e. The Balaban J connectivity index is 1.47. The summed E-state index contributed by atoms with van der Waals surface area (Å²) in [6.45, 7) is 0. The van der Waals surface area contributed by atoms with Crippen molar-refractivity contribution < 1.29 is 13.2 Å². The Hall–Kier alpha value is -1.43. The summed E-state index contributed by atoms with van der Waals surface area (Å²) in [5, 5.41) is 14.6. The van der Waals surface area contributed by atoms with Crippen molar-refractivity contribution in [2.45, 2.75) is 35.2 Å². The van der Waals surface area contributed by atoms with E-state index in [1.807, 2.05) is 12.1 Å². The van der Waals surface area contributed by atoms with E-state index in [-0.39, 0.29) is 27.9 Å². The summed E-state index contributed by atoms with van der Waals surface area (Å²) in [5.74, 6) is 0.597. The van der Waals surface area contributed by atoms with Crippen LogP contribution in [0, 0.1) is 0 Å². The van der Waals surface area contributed by atoms with Crippen molar-refractivity contribution in [3.63, 3.8) is 0 Å².